The summed E-state index contributed by atoms with van der Waals surface area (Å²) in [6.07, 6.45) is 6.32. The Morgan fingerprint density at radius 3 is 2.91 bits per heavy atom. The van der Waals surface area contributed by atoms with Gasteiger partial charge >= 0.3 is 5.97 Å². The first kappa shape index (κ1) is 15.5. The topological polar surface area (TPSA) is 66.2 Å². The van der Waals surface area contributed by atoms with Gasteiger partial charge in [-0.1, -0.05) is 6.07 Å². The van der Waals surface area contributed by atoms with E-state index in [9.17, 15) is 4.79 Å². The maximum Gasteiger partial charge on any atom is 0.357 e. The molecule has 122 valence electrons. The predicted molar refractivity (Wildman–Crippen MR) is 84.3 cm³/mol. The van der Waals surface area contributed by atoms with Crippen molar-refractivity contribution in [2.24, 2.45) is 0 Å². The first-order valence-electron chi connectivity index (χ1n) is 7.97. The van der Waals surface area contributed by atoms with E-state index in [4.69, 9.17) is 9.47 Å². The summed E-state index contributed by atoms with van der Waals surface area (Å²) in [5.41, 5.74) is 0.272. The number of esters is 1. The number of pyridine rings is 1. The summed E-state index contributed by atoms with van der Waals surface area (Å²) in [5, 5.41) is 4.27. The molecule has 23 heavy (non-hydrogen) atoms. The molecule has 0 aliphatic heterocycles. The number of aromatic nitrogens is 3. The molecule has 2 atom stereocenters. The Bertz CT molecular complexity index is 655. The van der Waals surface area contributed by atoms with E-state index in [-0.39, 0.29) is 23.9 Å². The molecule has 0 spiro atoms. The molecule has 0 aromatic carbocycles. The Balaban J connectivity index is 1.69. The molecule has 2 heterocycles. The number of rotatable bonds is 5. The smallest absolute Gasteiger partial charge is 0.357 e. The lowest BCUT2D eigenvalue weighted by molar-refractivity contribution is 0.0201. The molecule has 1 fully saturated rings. The van der Waals surface area contributed by atoms with E-state index in [1.54, 1.807) is 24.4 Å². The van der Waals surface area contributed by atoms with E-state index < -0.39 is 5.97 Å². The second-order valence-electron chi connectivity index (χ2n) is 5.96. The van der Waals surface area contributed by atoms with E-state index in [0.717, 1.165) is 19.3 Å². The van der Waals surface area contributed by atoms with Gasteiger partial charge in [-0.05, 0) is 45.2 Å². The third kappa shape index (κ3) is 3.70. The molecule has 6 heteroatoms. The van der Waals surface area contributed by atoms with Crippen molar-refractivity contribution in [1.82, 2.24) is 14.8 Å². The minimum absolute atomic E-state index is 0.00722. The number of carbonyl (C=O) groups is 1. The van der Waals surface area contributed by atoms with Gasteiger partial charge in [-0.2, -0.15) is 5.10 Å². The zero-order valence-electron chi connectivity index (χ0n) is 13.4. The summed E-state index contributed by atoms with van der Waals surface area (Å²) in [6, 6.07) is 7.11. The van der Waals surface area contributed by atoms with Crippen molar-refractivity contribution >= 4 is 5.97 Å². The fourth-order valence-corrected chi connectivity index (χ4v) is 2.86. The van der Waals surface area contributed by atoms with Crippen LogP contribution in [0, 0.1) is 0 Å². The van der Waals surface area contributed by atoms with Gasteiger partial charge in [0.2, 0.25) is 5.88 Å². The van der Waals surface area contributed by atoms with Gasteiger partial charge in [0.1, 0.15) is 6.10 Å². The Labute approximate surface area is 135 Å². The van der Waals surface area contributed by atoms with Gasteiger partial charge in [0, 0.05) is 18.5 Å². The number of ether oxygens (including phenoxy) is 2. The average Bonchev–Trinajstić information content (AvgIpc) is 3.17. The Hall–Kier alpha value is -2.37. The summed E-state index contributed by atoms with van der Waals surface area (Å²) >= 11 is 0. The summed E-state index contributed by atoms with van der Waals surface area (Å²) in [6.45, 7) is 3.83. The quantitative estimate of drug-likeness (QED) is 0.794. The highest BCUT2D eigenvalue weighted by Gasteiger charge is 2.32. The molecule has 1 aliphatic carbocycles. The lowest BCUT2D eigenvalue weighted by Gasteiger charge is -2.20. The van der Waals surface area contributed by atoms with Gasteiger partial charge in [0.25, 0.3) is 0 Å². The highest BCUT2D eigenvalue weighted by atomic mass is 16.5. The zero-order valence-corrected chi connectivity index (χ0v) is 13.4. The van der Waals surface area contributed by atoms with Crippen molar-refractivity contribution in [3.05, 3.63) is 42.4 Å². The van der Waals surface area contributed by atoms with E-state index in [0.29, 0.717) is 5.88 Å². The minimum atomic E-state index is -0.414. The van der Waals surface area contributed by atoms with Crippen molar-refractivity contribution in [3.8, 4) is 5.88 Å². The molecule has 0 saturated heterocycles. The lowest BCUT2D eigenvalue weighted by Crippen LogP contribution is -2.25. The third-order valence-electron chi connectivity index (χ3n) is 3.83. The van der Waals surface area contributed by atoms with Crippen LogP contribution in [0.1, 0.15) is 49.6 Å². The Kier molecular flexibility index (Phi) is 4.60. The summed E-state index contributed by atoms with van der Waals surface area (Å²) in [5.74, 6) is 0.0211. The van der Waals surface area contributed by atoms with Crippen LogP contribution in [0.2, 0.25) is 0 Å². The van der Waals surface area contributed by atoms with Crippen molar-refractivity contribution in [2.75, 3.05) is 0 Å². The molecule has 2 aromatic heterocycles. The van der Waals surface area contributed by atoms with Crippen LogP contribution in [0.15, 0.2) is 36.7 Å². The SMILES string of the molecule is CC(C)Oc1cccc(C(=O)O[C@@H]2CCC[C@H]2n2cccn2)n1. The van der Waals surface area contributed by atoms with Crippen LogP contribution < -0.4 is 4.74 Å². The van der Waals surface area contributed by atoms with Crippen LogP contribution in [0.3, 0.4) is 0 Å². The summed E-state index contributed by atoms with van der Waals surface area (Å²) < 4.78 is 13.1. The molecule has 3 rings (SSSR count). The summed E-state index contributed by atoms with van der Waals surface area (Å²) in [4.78, 5) is 16.6. The normalized spacial score (nSPS) is 20.7. The van der Waals surface area contributed by atoms with Crippen LogP contribution in [-0.4, -0.2) is 32.9 Å². The second kappa shape index (κ2) is 6.81. The maximum atomic E-state index is 12.4. The molecule has 1 aliphatic rings. The van der Waals surface area contributed by atoms with Crippen LogP contribution in [0.5, 0.6) is 5.88 Å². The van der Waals surface area contributed by atoms with Crippen molar-refractivity contribution in [2.45, 2.75) is 51.4 Å². The van der Waals surface area contributed by atoms with Crippen molar-refractivity contribution < 1.29 is 14.3 Å². The number of carbonyl (C=O) groups excluding carboxylic acids is 1. The Morgan fingerprint density at radius 2 is 2.17 bits per heavy atom. The minimum Gasteiger partial charge on any atom is -0.475 e. The molecule has 1 saturated carbocycles. The predicted octanol–water partition coefficient (Wildman–Crippen LogP) is 3.02. The monoisotopic (exact) mass is 315 g/mol. The standard InChI is InChI=1S/C17H21N3O3/c1-12(2)22-16-9-3-6-13(19-16)17(21)23-15-8-4-7-14(15)20-11-5-10-18-20/h3,5-6,9-12,14-15H,4,7-8H2,1-2H3/t14-,15-/m1/s1. The van der Waals surface area contributed by atoms with Gasteiger partial charge in [-0.15, -0.1) is 0 Å². The van der Waals surface area contributed by atoms with E-state index >= 15 is 0 Å². The summed E-state index contributed by atoms with van der Waals surface area (Å²) in [7, 11) is 0. The first-order chi connectivity index (χ1) is 11.1. The van der Waals surface area contributed by atoms with Crippen molar-refractivity contribution in [1.29, 1.82) is 0 Å². The number of hydrogen-bond donors (Lipinski definition) is 0. The van der Waals surface area contributed by atoms with Crippen LogP contribution in [0.25, 0.3) is 0 Å². The Morgan fingerprint density at radius 1 is 1.30 bits per heavy atom. The van der Waals surface area contributed by atoms with Gasteiger partial charge in [0.05, 0.1) is 12.1 Å². The fraction of sp³-hybridized carbons (Fsp3) is 0.471. The molecule has 2 aromatic rings. The van der Waals surface area contributed by atoms with Gasteiger partial charge in [0.15, 0.2) is 5.69 Å². The van der Waals surface area contributed by atoms with Gasteiger partial charge in [-0.25, -0.2) is 9.78 Å². The molecule has 0 amide bonds. The lowest BCUT2D eigenvalue weighted by atomic mass is 10.2. The zero-order chi connectivity index (χ0) is 16.2. The third-order valence-corrected chi connectivity index (χ3v) is 3.83. The number of hydrogen-bond acceptors (Lipinski definition) is 5. The molecule has 0 radical (unpaired) electrons. The van der Waals surface area contributed by atoms with Crippen LogP contribution in [-0.2, 0) is 4.74 Å². The van der Waals surface area contributed by atoms with Crippen LogP contribution >= 0.6 is 0 Å². The van der Waals surface area contributed by atoms with Gasteiger partial charge in [-0.3, -0.25) is 4.68 Å². The van der Waals surface area contributed by atoms with Gasteiger partial charge < -0.3 is 9.47 Å². The molecule has 0 bridgehead atoms. The highest BCUT2D eigenvalue weighted by molar-refractivity contribution is 5.87. The average molecular weight is 315 g/mol. The highest BCUT2D eigenvalue weighted by Crippen LogP contribution is 2.32. The molecular weight excluding hydrogens is 294 g/mol. The fourth-order valence-electron chi connectivity index (χ4n) is 2.86. The molecule has 0 N–H and O–H groups in total. The molecular formula is C17H21N3O3. The maximum absolute atomic E-state index is 12.4. The largest absolute Gasteiger partial charge is 0.475 e. The molecule has 0 unspecified atom stereocenters. The molecule has 6 nitrogen and oxygen atoms in total. The first-order valence-corrected chi connectivity index (χ1v) is 7.97. The van der Waals surface area contributed by atoms with Crippen LogP contribution in [0.4, 0.5) is 0 Å². The van der Waals surface area contributed by atoms with E-state index in [1.807, 2.05) is 30.8 Å². The van der Waals surface area contributed by atoms with Crippen molar-refractivity contribution in [3.63, 3.8) is 0 Å². The van der Waals surface area contributed by atoms with E-state index in [2.05, 4.69) is 10.1 Å². The second-order valence-corrected chi connectivity index (χ2v) is 5.96. The number of nitrogens with zero attached hydrogens (tertiary/aromatic N) is 3. The van der Waals surface area contributed by atoms with E-state index in [1.165, 1.54) is 0 Å².